The fourth-order valence-electron chi connectivity index (χ4n) is 8.39. The van der Waals surface area contributed by atoms with E-state index in [4.69, 9.17) is 9.47 Å². The number of fused-ring (bicyclic) bond motifs is 7. The van der Waals surface area contributed by atoms with E-state index in [2.05, 4.69) is 11.9 Å². The van der Waals surface area contributed by atoms with Gasteiger partial charge in [0.2, 0.25) is 0 Å². The first-order valence-corrected chi connectivity index (χ1v) is 13.6. The maximum Gasteiger partial charge on any atom is 0.181 e. The topological polar surface area (TPSA) is 67.8 Å². The van der Waals surface area contributed by atoms with E-state index in [1.165, 1.54) is 0 Å². The molecule has 3 saturated carbocycles. The molecular weight excluding hydrogens is 464 g/mol. The van der Waals surface area contributed by atoms with E-state index >= 15 is 8.78 Å². The molecule has 5 nitrogen and oxygen atoms in total. The number of halogens is 2. The molecule has 0 spiro atoms. The minimum absolute atomic E-state index is 0.0457. The Morgan fingerprint density at radius 1 is 1.31 bits per heavy atom. The van der Waals surface area contributed by atoms with Crippen molar-refractivity contribution in [1.82, 2.24) is 5.32 Å². The Morgan fingerprint density at radius 2 is 2.03 bits per heavy atom. The minimum atomic E-state index is -2.08. The number of rotatable bonds is 6. The molecule has 0 bridgehead atoms. The van der Waals surface area contributed by atoms with Crippen LogP contribution in [0.15, 0.2) is 36.0 Å². The molecule has 2 N–H and O–H groups in total. The van der Waals surface area contributed by atoms with Crippen molar-refractivity contribution in [2.24, 2.45) is 22.7 Å². The van der Waals surface area contributed by atoms with Crippen molar-refractivity contribution in [3.8, 4) is 0 Å². The molecule has 36 heavy (non-hydrogen) atoms. The van der Waals surface area contributed by atoms with Crippen LogP contribution in [-0.4, -0.2) is 59.4 Å². The van der Waals surface area contributed by atoms with Gasteiger partial charge in [0.1, 0.15) is 6.17 Å². The average Bonchev–Trinajstić information content (AvgIpc) is 3.28. The maximum atomic E-state index is 17.5. The van der Waals surface area contributed by atoms with E-state index in [9.17, 15) is 9.90 Å². The zero-order valence-electron chi connectivity index (χ0n) is 22.2. The lowest BCUT2D eigenvalue weighted by molar-refractivity contribution is -0.233. The molecule has 1 saturated heterocycles. The van der Waals surface area contributed by atoms with Gasteiger partial charge in [-0.1, -0.05) is 58.9 Å². The summed E-state index contributed by atoms with van der Waals surface area (Å²) in [5.74, 6) is -1.29. The van der Waals surface area contributed by atoms with Gasteiger partial charge in [0.25, 0.3) is 0 Å². The molecule has 1 unspecified atom stereocenters. The zero-order valence-corrected chi connectivity index (χ0v) is 22.2. The monoisotopic (exact) mass is 505 g/mol. The molecule has 4 aliphatic carbocycles. The van der Waals surface area contributed by atoms with Crippen LogP contribution >= 0.6 is 0 Å². The molecule has 0 aromatic heterocycles. The lowest BCUT2D eigenvalue weighted by atomic mass is 9.44. The van der Waals surface area contributed by atoms with Crippen molar-refractivity contribution in [2.45, 2.75) is 109 Å². The molecule has 0 aromatic carbocycles. The third-order valence-corrected chi connectivity index (χ3v) is 10.1. The van der Waals surface area contributed by atoms with Gasteiger partial charge < -0.3 is 19.9 Å². The Morgan fingerprint density at radius 3 is 2.69 bits per heavy atom. The highest BCUT2D eigenvalue weighted by Gasteiger charge is 2.79. The van der Waals surface area contributed by atoms with Crippen LogP contribution in [0.1, 0.15) is 66.7 Å². The number of allylic oxidation sites excluding steroid dienone is 5. The van der Waals surface area contributed by atoms with Crippen LogP contribution in [0.2, 0.25) is 0 Å². The van der Waals surface area contributed by atoms with Gasteiger partial charge in [-0.3, -0.25) is 4.79 Å². The van der Waals surface area contributed by atoms with Crippen molar-refractivity contribution >= 4 is 5.78 Å². The van der Waals surface area contributed by atoms with E-state index in [0.717, 1.165) is 6.42 Å². The van der Waals surface area contributed by atoms with Crippen LogP contribution in [0.25, 0.3) is 0 Å². The number of Topliss-reactive ketones (excluding diaryl/α,β-unsaturated/α-hetero) is 1. The van der Waals surface area contributed by atoms with Crippen molar-refractivity contribution < 1.29 is 28.2 Å². The molecule has 5 rings (SSSR count). The maximum absolute atomic E-state index is 17.5. The van der Waals surface area contributed by atoms with Gasteiger partial charge in [-0.25, -0.2) is 8.78 Å². The number of ketones is 1. The second-order valence-corrected chi connectivity index (χ2v) is 12.4. The molecule has 0 aromatic rings. The smallest absolute Gasteiger partial charge is 0.181 e. The van der Waals surface area contributed by atoms with Crippen LogP contribution in [0.4, 0.5) is 8.78 Å². The molecule has 200 valence electrons. The van der Waals surface area contributed by atoms with Gasteiger partial charge in [-0.2, -0.15) is 0 Å². The summed E-state index contributed by atoms with van der Waals surface area (Å²) in [4.78, 5) is 14.0. The fraction of sp³-hybridized carbons (Fsp3) is 0.759. The zero-order chi connectivity index (χ0) is 26.3. The molecule has 5 aliphatic rings. The number of aliphatic hydroxyl groups is 1. The summed E-state index contributed by atoms with van der Waals surface area (Å²) in [5, 5.41) is 14.8. The standard InChI is InChI=1S/C29H41F2NO4/c1-7-8-25-35-24-13-18-19-12-21(30)20-11-17(4)9-10-26(20,5)28(19,31)22(33)14-27(18,6)29(24,36-25)23(34)15-32-16(2)3/h9-11,16,18-19,21-22,24-25,32-33H,4,7-8,12-15H2,1-3,5-6H3/t18-,19-,21-,22-,24+,25?,26-,27-,28-,29+/m0/s1. The lowest BCUT2D eigenvalue weighted by Gasteiger charge is -2.63. The molecule has 0 radical (unpaired) electrons. The number of hydrogen-bond donors (Lipinski definition) is 2. The highest BCUT2D eigenvalue weighted by Crippen LogP contribution is 2.72. The van der Waals surface area contributed by atoms with E-state index in [1.807, 2.05) is 27.7 Å². The normalized spacial score (nSPS) is 49.4. The number of nitrogens with one attached hydrogen (secondary N) is 1. The van der Waals surface area contributed by atoms with Gasteiger partial charge >= 0.3 is 0 Å². The first-order chi connectivity index (χ1) is 16.8. The predicted octanol–water partition coefficient (Wildman–Crippen LogP) is 4.75. The molecule has 1 aliphatic heterocycles. The van der Waals surface area contributed by atoms with Crippen LogP contribution < -0.4 is 5.32 Å². The van der Waals surface area contributed by atoms with Crippen molar-refractivity contribution in [3.63, 3.8) is 0 Å². The highest BCUT2D eigenvalue weighted by molar-refractivity contribution is 5.92. The number of hydrogen-bond acceptors (Lipinski definition) is 5. The van der Waals surface area contributed by atoms with E-state index in [1.54, 1.807) is 25.2 Å². The number of carbonyl (C=O) groups is 1. The summed E-state index contributed by atoms with van der Waals surface area (Å²) < 4.78 is 46.1. The average molecular weight is 506 g/mol. The molecule has 0 amide bonds. The number of carbonyl (C=O) groups excluding carboxylic acids is 1. The second kappa shape index (κ2) is 8.55. The quantitative estimate of drug-likeness (QED) is 0.545. The van der Waals surface area contributed by atoms with E-state index in [-0.39, 0.29) is 37.1 Å². The van der Waals surface area contributed by atoms with Crippen molar-refractivity contribution in [3.05, 3.63) is 36.0 Å². The third kappa shape index (κ3) is 3.21. The summed E-state index contributed by atoms with van der Waals surface area (Å²) >= 11 is 0. The second-order valence-electron chi connectivity index (χ2n) is 12.4. The van der Waals surface area contributed by atoms with Crippen LogP contribution in [-0.2, 0) is 14.3 Å². The minimum Gasteiger partial charge on any atom is -0.390 e. The Kier molecular flexibility index (Phi) is 6.23. The summed E-state index contributed by atoms with van der Waals surface area (Å²) in [7, 11) is 0. The summed E-state index contributed by atoms with van der Waals surface area (Å²) in [6.07, 6.45) is 3.11. The third-order valence-electron chi connectivity index (χ3n) is 10.1. The Labute approximate surface area is 213 Å². The molecule has 7 heteroatoms. The van der Waals surface area contributed by atoms with E-state index in [0.29, 0.717) is 24.0 Å². The van der Waals surface area contributed by atoms with Crippen LogP contribution in [0.3, 0.4) is 0 Å². The van der Waals surface area contributed by atoms with Crippen LogP contribution in [0, 0.1) is 22.7 Å². The van der Waals surface area contributed by atoms with E-state index < -0.39 is 52.7 Å². The number of aliphatic hydroxyl groups excluding tert-OH is 1. The lowest BCUT2D eigenvalue weighted by Crippen LogP contribution is -2.71. The van der Waals surface area contributed by atoms with Gasteiger partial charge in [-0.05, 0) is 49.7 Å². The van der Waals surface area contributed by atoms with Gasteiger partial charge in [0.15, 0.2) is 23.3 Å². The first kappa shape index (κ1) is 26.2. The highest BCUT2D eigenvalue weighted by atomic mass is 19.1. The largest absolute Gasteiger partial charge is 0.390 e. The van der Waals surface area contributed by atoms with Crippen LogP contribution in [0.5, 0.6) is 0 Å². The van der Waals surface area contributed by atoms with Gasteiger partial charge in [-0.15, -0.1) is 0 Å². The molecule has 1 heterocycles. The van der Waals surface area contributed by atoms with Crippen molar-refractivity contribution in [1.29, 1.82) is 0 Å². The number of ether oxygens (including phenoxy) is 2. The Hall–Kier alpha value is -1.41. The predicted molar refractivity (Wildman–Crippen MR) is 134 cm³/mol. The molecule has 4 fully saturated rings. The summed E-state index contributed by atoms with van der Waals surface area (Å²) in [6.45, 7) is 13.6. The molecule has 10 atom stereocenters. The fourth-order valence-corrected chi connectivity index (χ4v) is 8.39. The van der Waals surface area contributed by atoms with Gasteiger partial charge in [0, 0.05) is 22.8 Å². The molecular formula is C29H41F2NO4. The Bertz CT molecular complexity index is 1010. The first-order valence-electron chi connectivity index (χ1n) is 13.6. The summed E-state index contributed by atoms with van der Waals surface area (Å²) in [5.41, 5.74) is -4.60. The summed E-state index contributed by atoms with van der Waals surface area (Å²) in [6, 6.07) is 0.0987. The van der Waals surface area contributed by atoms with Crippen molar-refractivity contribution in [2.75, 3.05) is 6.54 Å². The van der Waals surface area contributed by atoms with Gasteiger partial charge in [0.05, 0.1) is 18.8 Å². The SMILES string of the molecule is C=C1C=C[C@@]2(C)C(=C1)[C@@H](F)C[C@H]1[C@@H]3C[C@H]4OC(CCC)O[C@@]4(C(=O)CNC(C)C)[C@@]3(C)C[C@H](O)[C@@]12F. The number of alkyl halides is 2. The Balaban J connectivity index is 1.59.